The van der Waals surface area contributed by atoms with Crippen LogP contribution in [0.15, 0.2) is 39.6 Å². The Morgan fingerprint density at radius 1 is 1.33 bits per heavy atom. The highest BCUT2D eigenvalue weighted by molar-refractivity contribution is 9.10. The van der Waals surface area contributed by atoms with Crippen LogP contribution in [0.5, 0.6) is 5.75 Å². The topological polar surface area (TPSA) is 122 Å². The van der Waals surface area contributed by atoms with Crippen molar-refractivity contribution in [2.24, 2.45) is 0 Å². The van der Waals surface area contributed by atoms with Gasteiger partial charge in [-0.2, -0.15) is 21.5 Å². The van der Waals surface area contributed by atoms with Gasteiger partial charge in [-0.25, -0.2) is 4.79 Å². The molecule has 10 heteroatoms. The summed E-state index contributed by atoms with van der Waals surface area (Å²) in [5.41, 5.74) is -0.654. The minimum atomic E-state index is -1.18. The van der Waals surface area contributed by atoms with Crippen LogP contribution in [0.4, 0.5) is 0 Å². The third kappa shape index (κ3) is 5.57. The first kappa shape index (κ1) is 21.0. The Morgan fingerprint density at radius 3 is 2.59 bits per heavy atom. The van der Waals surface area contributed by atoms with Gasteiger partial charge >= 0.3 is 5.97 Å². The zero-order valence-corrected chi connectivity index (χ0v) is 16.8. The first-order chi connectivity index (χ1) is 12.8. The molecule has 0 radical (unpaired) electrons. The standard InChI is InChI=1S/C17H18BrN3O5S/c1-2-27-8-7-12(17(25)26)19-16(24)15-13(22)9-14(23)21(20-15)11-5-3-10(18)4-6-11/h3-6,9,12,22H,2,7-8H2,1H3,(H,19,24)(H,25,26). The highest BCUT2D eigenvalue weighted by Crippen LogP contribution is 2.16. The van der Waals surface area contributed by atoms with Crippen LogP contribution in [0.3, 0.4) is 0 Å². The van der Waals surface area contributed by atoms with Crippen LogP contribution in [0.1, 0.15) is 23.8 Å². The maximum Gasteiger partial charge on any atom is 0.326 e. The van der Waals surface area contributed by atoms with Gasteiger partial charge in [-0.05, 0) is 42.2 Å². The predicted octanol–water partition coefficient (Wildman–Crippen LogP) is 2.03. The smallest absolute Gasteiger partial charge is 0.326 e. The summed E-state index contributed by atoms with van der Waals surface area (Å²) in [6, 6.07) is 6.36. The summed E-state index contributed by atoms with van der Waals surface area (Å²) in [4.78, 5) is 35.9. The van der Waals surface area contributed by atoms with E-state index in [-0.39, 0.29) is 6.42 Å². The van der Waals surface area contributed by atoms with Gasteiger partial charge in [-0.15, -0.1) is 0 Å². The van der Waals surface area contributed by atoms with Crippen molar-refractivity contribution in [3.8, 4) is 11.4 Å². The number of aliphatic carboxylic acids is 1. The lowest BCUT2D eigenvalue weighted by Crippen LogP contribution is -2.42. The number of nitrogens with one attached hydrogen (secondary N) is 1. The van der Waals surface area contributed by atoms with E-state index < -0.39 is 34.9 Å². The first-order valence-corrected chi connectivity index (χ1v) is 9.99. The predicted molar refractivity (Wildman–Crippen MR) is 106 cm³/mol. The number of thioether (sulfide) groups is 1. The van der Waals surface area contributed by atoms with Crippen molar-refractivity contribution < 1.29 is 19.8 Å². The summed E-state index contributed by atoms with van der Waals surface area (Å²) in [5, 5.41) is 25.5. The zero-order valence-electron chi connectivity index (χ0n) is 14.4. The summed E-state index contributed by atoms with van der Waals surface area (Å²) >= 11 is 4.84. The molecule has 0 aliphatic rings. The highest BCUT2D eigenvalue weighted by Gasteiger charge is 2.24. The van der Waals surface area contributed by atoms with Crippen LogP contribution in [-0.4, -0.2) is 49.4 Å². The van der Waals surface area contributed by atoms with Crippen molar-refractivity contribution >= 4 is 39.6 Å². The Hall–Kier alpha value is -2.33. The number of carbonyl (C=O) groups is 2. The minimum absolute atomic E-state index is 0.229. The number of halogens is 1. The van der Waals surface area contributed by atoms with E-state index >= 15 is 0 Å². The second-order valence-electron chi connectivity index (χ2n) is 5.45. The van der Waals surface area contributed by atoms with Crippen LogP contribution in [-0.2, 0) is 4.79 Å². The van der Waals surface area contributed by atoms with Crippen LogP contribution in [0.2, 0.25) is 0 Å². The second-order valence-corrected chi connectivity index (χ2v) is 7.76. The molecule has 0 aliphatic heterocycles. The van der Waals surface area contributed by atoms with Gasteiger partial charge in [0.2, 0.25) is 0 Å². The molecule has 3 N–H and O–H groups in total. The monoisotopic (exact) mass is 455 g/mol. The van der Waals surface area contributed by atoms with E-state index in [0.717, 1.165) is 21.0 Å². The summed E-state index contributed by atoms with van der Waals surface area (Å²) in [5.74, 6) is -1.27. The average molecular weight is 456 g/mol. The van der Waals surface area contributed by atoms with E-state index in [0.29, 0.717) is 11.4 Å². The fourth-order valence-corrected chi connectivity index (χ4v) is 3.16. The number of hydrogen-bond acceptors (Lipinski definition) is 6. The number of aromatic hydroxyl groups is 1. The molecule has 2 rings (SSSR count). The van der Waals surface area contributed by atoms with Crippen molar-refractivity contribution in [1.82, 2.24) is 15.1 Å². The molecule has 27 heavy (non-hydrogen) atoms. The number of carbonyl (C=O) groups excluding carboxylic acids is 1. The molecule has 0 saturated heterocycles. The van der Waals surface area contributed by atoms with Gasteiger partial charge in [0, 0.05) is 10.5 Å². The summed E-state index contributed by atoms with van der Waals surface area (Å²) in [6.07, 6.45) is 0.229. The van der Waals surface area contributed by atoms with Gasteiger partial charge in [0.1, 0.15) is 6.04 Å². The number of amides is 1. The number of benzene rings is 1. The zero-order chi connectivity index (χ0) is 20.0. The van der Waals surface area contributed by atoms with E-state index in [1.807, 2.05) is 6.92 Å². The van der Waals surface area contributed by atoms with E-state index in [9.17, 15) is 24.6 Å². The van der Waals surface area contributed by atoms with Crippen LogP contribution < -0.4 is 10.9 Å². The highest BCUT2D eigenvalue weighted by atomic mass is 79.9. The Balaban J connectivity index is 2.29. The van der Waals surface area contributed by atoms with Crippen LogP contribution >= 0.6 is 27.7 Å². The number of carboxylic acids is 1. The lowest BCUT2D eigenvalue weighted by Gasteiger charge is -2.15. The summed E-state index contributed by atoms with van der Waals surface area (Å²) < 4.78 is 1.76. The van der Waals surface area contributed by atoms with Gasteiger partial charge in [0.15, 0.2) is 11.4 Å². The van der Waals surface area contributed by atoms with Crippen molar-refractivity contribution in [2.75, 3.05) is 11.5 Å². The van der Waals surface area contributed by atoms with Crippen molar-refractivity contribution in [3.05, 3.63) is 50.9 Å². The average Bonchev–Trinajstić information content (AvgIpc) is 2.62. The van der Waals surface area contributed by atoms with Crippen molar-refractivity contribution in [1.29, 1.82) is 0 Å². The molecule has 0 saturated carbocycles. The lowest BCUT2D eigenvalue weighted by atomic mass is 10.2. The number of hydrogen-bond donors (Lipinski definition) is 3. The number of rotatable bonds is 8. The van der Waals surface area contributed by atoms with Gasteiger partial charge in [-0.1, -0.05) is 22.9 Å². The molecule has 0 fully saturated rings. The maximum absolute atomic E-state index is 12.4. The van der Waals surface area contributed by atoms with E-state index in [4.69, 9.17) is 0 Å². The van der Waals surface area contributed by atoms with E-state index in [1.54, 1.807) is 36.0 Å². The molecule has 0 spiro atoms. The first-order valence-electron chi connectivity index (χ1n) is 8.04. The molecule has 0 bridgehead atoms. The van der Waals surface area contributed by atoms with Crippen LogP contribution in [0.25, 0.3) is 5.69 Å². The summed E-state index contributed by atoms with van der Waals surface area (Å²) in [6.45, 7) is 1.95. The molecule has 8 nitrogen and oxygen atoms in total. The number of nitrogens with zero attached hydrogens (tertiary/aromatic N) is 2. The van der Waals surface area contributed by atoms with E-state index in [2.05, 4.69) is 26.3 Å². The van der Waals surface area contributed by atoms with Gasteiger partial charge < -0.3 is 15.5 Å². The normalized spacial score (nSPS) is 11.8. The Labute approximate surface area is 167 Å². The van der Waals surface area contributed by atoms with Gasteiger partial charge in [0.25, 0.3) is 11.5 Å². The molecule has 1 aromatic heterocycles. The molecule has 1 unspecified atom stereocenters. The van der Waals surface area contributed by atoms with E-state index in [1.165, 1.54) is 0 Å². The number of aromatic nitrogens is 2. The fraction of sp³-hybridized carbons (Fsp3) is 0.294. The molecule has 1 heterocycles. The third-order valence-electron chi connectivity index (χ3n) is 3.56. The third-order valence-corrected chi connectivity index (χ3v) is 5.02. The van der Waals surface area contributed by atoms with Crippen LogP contribution in [0, 0.1) is 0 Å². The summed E-state index contributed by atoms with van der Waals surface area (Å²) in [7, 11) is 0. The fourth-order valence-electron chi connectivity index (χ4n) is 2.21. The molecular formula is C17H18BrN3O5S. The molecular weight excluding hydrogens is 438 g/mol. The molecule has 144 valence electrons. The Kier molecular flexibility index (Phi) is 7.43. The van der Waals surface area contributed by atoms with Crippen molar-refractivity contribution in [3.63, 3.8) is 0 Å². The van der Waals surface area contributed by atoms with Gasteiger partial charge in [-0.3, -0.25) is 9.59 Å². The second kappa shape index (κ2) is 9.56. The quantitative estimate of drug-likeness (QED) is 0.520. The largest absolute Gasteiger partial charge is 0.505 e. The van der Waals surface area contributed by atoms with Gasteiger partial charge in [0.05, 0.1) is 5.69 Å². The number of carboxylic acid groups (broad SMARTS) is 1. The lowest BCUT2D eigenvalue weighted by molar-refractivity contribution is -0.139. The molecule has 1 amide bonds. The maximum atomic E-state index is 12.4. The molecule has 2 aromatic rings. The minimum Gasteiger partial charge on any atom is -0.505 e. The Morgan fingerprint density at radius 2 is 2.00 bits per heavy atom. The van der Waals surface area contributed by atoms with Crippen molar-refractivity contribution in [2.45, 2.75) is 19.4 Å². The molecule has 1 atom stereocenters. The molecule has 0 aliphatic carbocycles. The Bertz CT molecular complexity index is 885. The molecule has 1 aromatic carbocycles. The SMILES string of the molecule is CCSCCC(NC(=O)c1nn(-c2ccc(Br)cc2)c(=O)cc1O)C(=O)O.